The molecule has 1 saturated heterocycles. The third kappa shape index (κ3) is 3.81. The summed E-state index contributed by atoms with van der Waals surface area (Å²) < 4.78 is 6.46. The molecule has 158 valence electrons. The number of allylic oxidation sites excluding steroid dienone is 1. The molecule has 0 saturated carbocycles. The SMILES string of the molecule is O=C1C(=O)c2ccccc2C2=C1SCC1(CCN(C(=O)CSc3ccccc3)CC1)O2. The number of amides is 1. The highest BCUT2D eigenvalue weighted by molar-refractivity contribution is 8.04. The third-order valence-electron chi connectivity index (χ3n) is 5.97. The highest BCUT2D eigenvalue weighted by Gasteiger charge is 2.46. The Kier molecular flexibility index (Phi) is 5.40. The summed E-state index contributed by atoms with van der Waals surface area (Å²) in [5, 5.41) is 0. The van der Waals surface area contributed by atoms with Crippen molar-refractivity contribution in [2.24, 2.45) is 0 Å². The van der Waals surface area contributed by atoms with E-state index in [2.05, 4.69) is 0 Å². The number of piperidine rings is 1. The van der Waals surface area contributed by atoms with E-state index < -0.39 is 17.2 Å². The molecule has 7 heteroatoms. The Labute approximate surface area is 189 Å². The van der Waals surface area contributed by atoms with Crippen LogP contribution >= 0.6 is 23.5 Å². The van der Waals surface area contributed by atoms with Crippen molar-refractivity contribution < 1.29 is 19.1 Å². The summed E-state index contributed by atoms with van der Waals surface area (Å²) in [4.78, 5) is 41.1. The summed E-state index contributed by atoms with van der Waals surface area (Å²) in [6.07, 6.45) is 1.42. The van der Waals surface area contributed by atoms with Crippen LogP contribution in [0.5, 0.6) is 0 Å². The molecule has 0 radical (unpaired) electrons. The van der Waals surface area contributed by atoms with Gasteiger partial charge in [-0.1, -0.05) is 42.5 Å². The minimum absolute atomic E-state index is 0.135. The van der Waals surface area contributed by atoms with Crippen molar-refractivity contribution in [2.75, 3.05) is 24.6 Å². The highest BCUT2D eigenvalue weighted by Crippen LogP contribution is 2.47. The number of likely N-dealkylation sites (tertiary alicyclic amines) is 1. The van der Waals surface area contributed by atoms with Gasteiger partial charge in [0.15, 0.2) is 0 Å². The van der Waals surface area contributed by atoms with Crippen LogP contribution in [0, 0.1) is 0 Å². The Morgan fingerprint density at radius 3 is 2.39 bits per heavy atom. The van der Waals surface area contributed by atoms with Crippen molar-refractivity contribution in [1.29, 1.82) is 0 Å². The summed E-state index contributed by atoms with van der Waals surface area (Å²) in [6, 6.07) is 17.1. The van der Waals surface area contributed by atoms with Crippen LogP contribution in [0.3, 0.4) is 0 Å². The monoisotopic (exact) mass is 451 g/mol. The van der Waals surface area contributed by atoms with Crippen LogP contribution in [-0.2, 0) is 14.3 Å². The molecule has 0 aromatic heterocycles. The van der Waals surface area contributed by atoms with Crippen LogP contribution < -0.4 is 0 Å². The molecule has 31 heavy (non-hydrogen) atoms. The molecule has 0 N–H and O–H groups in total. The lowest BCUT2D eigenvalue weighted by atomic mass is 9.90. The van der Waals surface area contributed by atoms with Crippen molar-refractivity contribution in [1.82, 2.24) is 4.90 Å². The lowest BCUT2D eigenvalue weighted by Crippen LogP contribution is -2.51. The standard InChI is InChI=1S/C24H21NO4S2/c26-19(14-30-16-6-2-1-3-7-16)25-12-10-24(11-13-25)15-31-23-21(28)20(27)17-8-4-5-9-18(17)22(23)29-24/h1-9H,10-15H2. The van der Waals surface area contributed by atoms with E-state index in [1.54, 1.807) is 23.9 Å². The second kappa shape index (κ2) is 8.20. The molecule has 1 fully saturated rings. The van der Waals surface area contributed by atoms with Crippen molar-refractivity contribution in [3.8, 4) is 0 Å². The molecule has 2 aromatic rings. The van der Waals surface area contributed by atoms with Gasteiger partial charge < -0.3 is 9.64 Å². The molecule has 5 nitrogen and oxygen atoms in total. The fourth-order valence-corrected chi connectivity index (χ4v) is 6.26. The minimum Gasteiger partial charge on any atom is -0.484 e. The van der Waals surface area contributed by atoms with Gasteiger partial charge >= 0.3 is 0 Å². The van der Waals surface area contributed by atoms with E-state index >= 15 is 0 Å². The second-order valence-corrected chi connectivity index (χ2v) is 9.95. The lowest BCUT2D eigenvalue weighted by Gasteiger charge is -2.45. The van der Waals surface area contributed by atoms with Crippen LogP contribution in [0.25, 0.3) is 5.76 Å². The van der Waals surface area contributed by atoms with Gasteiger partial charge in [0.2, 0.25) is 17.5 Å². The molecule has 2 aliphatic heterocycles. The smallest absolute Gasteiger partial charge is 0.243 e. The molecule has 5 rings (SSSR count). The Morgan fingerprint density at radius 2 is 1.65 bits per heavy atom. The normalized spacial score (nSPS) is 19.7. The lowest BCUT2D eigenvalue weighted by molar-refractivity contribution is -0.131. The minimum atomic E-state index is -0.473. The maximum Gasteiger partial charge on any atom is 0.243 e. The molecule has 1 amide bonds. The van der Waals surface area contributed by atoms with E-state index in [4.69, 9.17) is 4.74 Å². The summed E-state index contributed by atoms with van der Waals surface area (Å²) >= 11 is 2.98. The predicted molar refractivity (Wildman–Crippen MR) is 122 cm³/mol. The van der Waals surface area contributed by atoms with Crippen LogP contribution in [0.4, 0.5) is 0 Å². The zero-order valence-electron chi connectivity index (χ0n) is 16.8. The first-order valence-electron chi connectivity index (χ1n) is 10.3. The number of benzene rings is 2. The average molecular weight is 452 g/mol. The first kappa shape index (κ1) is 20.4. The van der Waals surface area contributed by atoms with E-state index in [1.807, 2.05) is 47.4 Å². The van der Waals surface area contributed by atoms with Gasteiger partial charge in [0.25, 0.3) is 0 Å². The molecule has 0 bridgehead atoms. The molecule has 1 aliphatic carbocycles. The number of hydrogen-bond donors (Lipinski definition) is 0. The van der Waals surface area contributed by atoms with E-state index in [0.717, 1.165) is 4.90 Å². The maximum absolute atomic E-state index is 12.7. The van der Waals surface area contributed by atoms with Crippen LogP contribution in [0.1, 0.15) is 28.8 Å². The molecule has 3 aliphatic rings. The number of carbonyl (C=O) groups is 3. The Morgan fingerprint density at radius 1 is 0.968 bits per heavy atom. The number of hydrogen-bond acceptors (Lipinski definition) is 6. The van der Waals surface area contributed by atoms with Gasteiger partial charge in [0.05, 0.1) is 5.75 Å². The largest absolute Gasteiger partial charge is 0.484 e. The third-order valence-corrected chi connectivity index (χ3v) is 8.29. The first-order valence-corrected chi connectivity index (χ1v) is 12.2. The van der Waals surface area contributed by atoms with Gasteiger partial charge in [0.1, 0.15) is 16.3 Å². The number of rotatable bonds is 3. The number of Topliss-reactive ketones (excluding diaryl/α,β-unsaturated/α-hetero) is 2. The van der Waals surface area contributed by atoms with Crippen molar-refractivity contribution in [3.63, 3.8) is 0 Å². The summed E-state index contributed by atoms with van der Waals surface area (Å²) in [7, 11) is 0. The zero-order valence-corrected chi connectivity index (χ0v) is 18.5. The van der Waals surface area contributed by atoms with Crippen LogP contribution in [0.2, 0.25) is 0 Å². The molecule has 2 aromatic carbocycles. The van der Waals surface area contributed by atoms with Crippen molar-refractivity contribution in [3.05, 3.63) is 70.6 Å². The Balaban J connectivity index is 1.27. The summed E-state index contributed by atoms with van der Waals surface area (Å²) in [5.74, 6) is 0.781. The summed E-state index contributed by atoms with van der Waals surface area (Å²) in [6.45, 7) is 1.26. The van der Waals surface area contributed by atoms with Crippen LogP contribution in [0.15, 0.2) is 64.4 Å². The second-order valence-electron chi connectivity index (χ2n) is 7.92. The van der Waals surface area contributed by atoms with Crippen molar-refractivity contribution in [2.45, 2.75) is 23.3 Å². The van der Waals surface area contributed by atoms with E-state index in [9.17, 15) is 14.4 Å². The number of thioether (sulfide) groups is 2. The number of nitrogens with zero attached hydrogens (tertiary/aromatic N) is 1. The van der Waals surface area contributed by atoms with Gasteiger partial charge in [-0.15, -0.1) is 23.5 Å². The van der Waals surface area contributed by atoms with Gasteiger partial charge in [-0.2, -0.15) is 0 Å². The predicted octanol–water partition coefficient (Wildman–Crippen LogP) is 4.04. The number of carbonyl (C=O) groups excluding carboxylic acids is 3. The number of ether oxygens (including phenoxy) is 1. The molecule has 0 atom stereocenters. The Hall–Kier alpha value is -2.51. The molecule has 1 spiro atoms. The summed E-state index contributed by atoms with van der Waals surface area (Å²) in [5.41, 5.74) is 0.696. The topological polar surface area (TPSA) is 63.7 Å². The Bertz CT molecular complexity index is 1090. The number of ketones is 2. The zero-order chi connectivity index (χ0) is 21.4. The fraction of sp³-hybridized carbons (Fsp3) is 0.292. The first-order chi connectivity index (χ1) is 15.1. The number of fused-ring (bicyclic) bond motifs is 2. The molecule has 2 heterocycles. The van der Waals surface area contributed by atoms with Gasteiger partial charge in [-0.3, -0.25) is 14.4 Å². The quantitative estimate of drug-likeness (QED) is 0.519. The van der Waals surface area contributed by atoms with Gasteiger partial charge in [0, 0.05) is 47.7 Å². The van der Waals surface area contributed by atoms with Crippen molar-refractivity contribution >= 4 is 46.8 Å². The van der Waals surface area contributed by atoms with E-state index in [-0.39, 0.29) is 5.91 Å². The van der Waals surface area contributed by atoms with Gasteiger partial charge in [-0.25, -0.2) is 0 Å². The van der Waals surface area contributed by atoms with E-state index in [0.29, 0.717) is 59.2 Å². The molecule has 0 unspecified atom stereocenters. The highest BCUT2D eigenvalue weighted by atomic mass is 32.2. The van der Waals surface area contributed by atoms with Crippen LogP contribution in [-0.4, -0.2) is 52.6 Å². The molecular formula is C24H21NO4S2. The molecular weight excluding hydrogens is 430 g/mol. The fourth-order valence-electron chi connectivity index (χ4n) is 4.18. The van der Waals surface area contributed by atoms with Gasteiger partial charge in [-0.05, 0) is 12.1 Å². The average Bonchev–Trinajstić information content (AvgIpc) is 2.82. The van der Waals surface area contributed by atoms with E-state index in [1.165, 1.54) is 11.8 Å². The maximum atomic E-state index is 12.7.